The Hall–Kier alpha value is -2.12. The van der Waals surface area contributed by atoms with Gasteiger partial charge in [0.25, 0.3) is 0 Å². The van der Waals surface area contributed by atoms with Crippen LogP contribution in [0.2, 0.25) is 0 Å². The molecule has 1 aromatic carbocycles. The third-order valence-electron chi connectivity index (χ3n) is 3.64. The Morgan fingerprint density at radius 3 is 2.37 bits per heavy atom. The molecule has 2 amide bonds. The van der Waals surface area contributed by atoms with E-state index in [1.54, 1.807) is 20.8 Å². The SMILES string of the molecule is CC(CNC(=O)CC(C)(C)COC(C)(C)O)NC(=O)OCc1ccccc1. The Morgan fingerprint density at radius 2 is 1.78 bits per heavy atom. The smallest absolute Gasteiger partial charge is 0.407 e. The van der Waals surface area contributed by atoms with Gasteiger partial charge < -0.3 is 25.2 Å². The molecule has 0 bridgehead atoms. The standard InChI is InChI=1S/C20H32N2O5/c1-15(22-18(24)26-13-16-9-7-6-8-10-16)12-21-17(23)11-19(2,3)14-27-20(4,5)25/h6-10,15,25H,11-14H2,1-5H3,(H,21,23)(H,22,24). The molecule has 0 aromatic heterocycles. The molecule has 27 heavy (non-hydrogen) atoms. The van der Waals surface area contributed by atoms with Crippen molar-refractivity contribution in [3.05, 3.63) is 35.9 Å². The number of ether oxygens (including phenoxy) is 2. The molecule has 3 N–H and O–H groups in total. The van der Waals surface area contributed by atoms with Gasteiger partial charge in [0, 0.05) is 19.0 Å². The van der Waals surface area contributed by atoms with Gasteiger partial charge >= 0.3 is 6.09 Å². The average Bonchev–Trinajstić information content (AvgIpc) is 2.57. The van der Waals surface area contributed by atoms with E-state index >= 15 is 0 Å². The summed E-state index contributed by atoms with van der Waals surface area (Å²) in [5, 5.41) is 15.1. The maximum atomic E-state index is 12.1. The van der Waals surface area contributed by atoms with Crippen LogP contribution in [0.3, 0.4) is 0 Å². The van der Waals surface area contributed by atoms with Gasteiger partial charge in [-0.1, -0.05) is 44.2 Å². The molecule has 7 heteroatoms. The Bertz CT molecular complexity index is 596. The largest absolute Gasteiger partial charge is 0.445 e. The van der Waals surface area contributed by atoms with Crippen molar-refractivity contribution in [2.75, 3.05) is 13.2 Å². The fourth-order valence-corrected chi connectivity index (χ4v) is 2.20. The van der Waals surface area contributed by atoms with Crippen molar-refractivity contribution in [1.82, 2.24) is 10.6 Å². The van der Waals surface area contributed by atoms with E-state index in [1.807, 2.05) is 44.2 Å². The number of amides is 2. The van der Waals surface area contributed by atoms with Gasteiger partial charge in [0.05, 0.1) is 6.61 Å². The fourth-order valence-electron chi connectivity index (χ4n) is 2.20. The summed E-state index contributed by atoms with van der Waals surface area (Å²) in [5.41, 5.74) is 0.485. The molecule has 1 unspecified atom stereocenters. The van der Waals surface area contributed by atoms with Crippen molar-refractivity contribution in [3.63, 3.8) is 0 Å². The van der Waals surface area contributed by atoms with Crippen molar-refractivity contribution in [3.8, 4) is 0 Å². The Labute approximate surface area is 161 Å². The molecule has 0 saturated carbocycles. The maximum Gasteiger partial charge on any atom is 0.407 e. The summed E-state index contributed by atoms with van der Waals surface area (Å²) in [6, 6.07) is 9.13. The zero-order chi connectivity index (χ0) is 20.5. The van der Waals surface area contributed by atoms with E-state index in [4.69, 9.17) is 9.47 Å². The third-order valence-corrected chi connectivity index (χ3v) is 3.64. The van der Waals surface area contributed by atoms with Crippen molar-refractivity contribution >= 4 is 12.0 Å². The summed E-state index contributed by atoms with van der Waals surface area (Å²) in [5.74, 6) is -1.38. The van der Waals surface area contributed by atoms with E-state index in [9.17, 15) is 14.7 Å². The Balaban J connectivity index is 2.27. The van der Waals surface area contributed by atoms with Crippen LogP contribution in [0.1, 0.15) is 46.6 Å². The van der Waals surface area contributed by atoms with E-state index in [0.29, 0.717) is 6.54 Å². The minimum absolute atomic E-state index is 0.148. The molecule has 0 aliphatic heterocycles. The van der Waals surface area contributed by atoms with Crippen LogP contribution in [-0.4, -0.2) is 42.1 Å². The Morgan fingerprint density at radius 1 is 1.15 bits per heavy atom. The highest BCUT2D eigenvalue weighted by Crippen LogP contribution is 2.22. The van der Waals surface area contributed by atoms with Gasteiger partial charge in [0.1, 0.15) is 6.61 Å². The number of carbonyl (C=O) groups is 2. The molecule has 1 rings (SSSR count). The number of carbonyl (C=O) groups excluding carboxylic acids is 2. The second-order valence-electron chi connectivity index (χ2n) is 7.99. The summed E-state index contributed by atoms with van der Waals surface area (Å²) in [6.45, 7) is 9.40. The number of rotatable bonds is 10. The van der Waals surface area contributed by atoms with Crippen molar-refractivity contribution in [2.24, 2.45) is 5.41 Å². The van der Waals surface area contributed by atoms with E-state index in [0.717, 1.165) is 5.56 Å². The maximum absolute atomic E-state index is 12.1. The number of aliphatic hydroxyl groups is 1. The number of nitrogens with one attached hydrogen (secondary N) is 2. The van der Waals surface area contributed by atoms with E-state index in [2.05, 4.69) is 10.6 Å². The summed E-state index contributed by atoms with van der Waals surface area (Å²) in [6.07, 6.45) is -0.284. The molecule has 0 fully saturated rings. The number of benzene rings is 1. The predicted molar refractivity (Wildman–Crippen MR) is 103 cm³/mol. The molecule has 0 aliphatic carbocycles. The van der Waals surface area contributed by atoms with Crippen LogP contribution in [0.25, 0.3) is 0 Å². The van der Waals surface area contributed by atoms with Crippen LogP contribution in [-0.2, 0) is 20.9 Å². The second-order valence-corrected chi connectivity index (χ2v) is 7.99. The molecule has 0 saturated heterocycles. The molecule has 152 valence electrons. The van der Waals surface area contributed by atoms with Gasteiger partial charge in [0.2, 0.25) is 5.91 Å². The fraction of sp³-hybridized carbons (Fsp3) is 0.600. The first-order valence-electron chi connectivity index (χ1n) is 9.07. The van der Waals surface area contributed by atoms with Gasteiger partial charge in [-0.3, -0.25) is 4.79 Å². The zero-order valence-corrected chi connectivity index (χ0v) is 16.9. The molecule has 7 nitrogen and oxygen atoms in total. The predicted octanol–water partition coefficient (Wildman–Crippen LogP) is 2.58. The van der Waals surface area contributed by atoms with Crippen LogP contribution < -0.4 is 10.6 Å². The van der Waals surface area contributed by atoms with Gasteiger partial charge in [-0.05, 0) is 31.7 Å². The van der Waals surface area contributed by atoms with E-state index in [1.165, 1.54) is 0 Å². The zero-order valence-electron chi connectivity index (χ0n) is 16.9. The van der Waals surface area contributed by atoms with Crippen LogP contribution in [0.15, 0.2) is 30.3 Å². The van der Waals surface area contributed by atoms with E-state index in [-0.39, 0.29) is 31.6 Å². The van der Waals surface area contributed by atoms with Crippen LogP contribution >= 0.6 is 0 Å². The molecule has 0 spiro atoms. The Kier molecular flexibility index (Phi) is 8.72. The highest BCUT2D eigenvalue weighted by molar-refractivity contribution is 5.76. The minimum atomic E-state index is -1.23. The molecular formula is C20H32N2O5. The summed E-state index contributed by atoms with van der Waals surface area (Å²) >= 11 is 0. The first kappa shape index (κ1) is 22.9. The first-order valence-corrected chi connectivity index (χ1v) is 9.07. The molecule has 0 heterocycles. The first-order chi connectivity index (χ1) is 12.5. The van der Waals surface area contributed by atoms with Crippen LogP contribution in [0, 0.1) is 5.41 Å². The van der Waals surface area contributed by atoms with Crippen molar-refractivity contribution in [1.29, 1.82) is 0 Å². The average molecular weight is 380 g/mol. The molecule has 1 aromatic rings. The molecule has 0 radical (unpaired) electrons. The lowest BCUT2D eigenvalue weighted by molar-refractivity contribution is -0.192. The lowest BCUT2D eigenvalue weighted by Gasteiger charge is -2.28. The highest BCUT2D eigenvalue weighted by Gasteiger charge is 2.26. The van der Waals surface area contributed by atoms with E-state index < -0.39 is 17.3 Å². The second kappa shape index (κ2) is 10.3. The minimum Gasteiger partial charge on any atom is -0.445 e. The molecule has 1 atom stereocenters. The number of alkyl carbamates (subject to hydrolysis) is 1. The topological polar surface area (TPSA) is 96.9 Å². The van der Waals surface area contributed by atoms with Crippen molar-refractivity contribution < 1.29 is 24.2 Å². The summed E-state index contributed by atoms with van der Waals surface area (Å²) in [7, 11) is 0. The van der Waals surface area contributed by atoms with Gasteiger partial charge in [-0.25, -0.2) is 4.79 Å². The number of hydrogen-bond donors (Lipinski definition) is 3. The molecular weight excluding hydrogens is 348 g/mol. The highest BCUT2D eigenvalue weighted by atomic mass is 16.6. The van der Waals surface area contributed by atoms with Crippen LogP contribution in [0.4, 0.5) is 4.79 Å². The van der Waals surface area contributed by atoms with Gasteiger partial charge in [-0.2, -0.15) is 0 Å². The lowest BCUT2D eigenvalue weighted by Crippen LogP contribution is -2.43. The molecule has 0 aliphatic rings. The van der Waals surface area contributed by atoms with Gasteiger partial charge in [-0.15, -0.1) is 0 Å². The number of hydrogen-bond acceptors (Lipinski definition) is 5. The quantitative estimate of drug-likeness (QED) is 0.542. The summed E-state index contributed by atoms with van der Waals surface area (Å²) in [4.78, 5) is 23.9. The third kappa shape index (κ3) is 11.2. The monoisotopic (exact) mass is 380 g/mol. The van der Waals surface area contributed by atoms with Crippen molar-refractivity contribution in [2.45, 2.75) is 59.5 Å². The summed E-state index contributed by atoms with van der Waals surface area (Å²) < 4.78 is 10.5. The van der Waals surface area contributed by atoms with Crippen LogP contribution in [0.5, 0.6) is 0 Å². The lowest BCUT2D eigenvalue weighted by atomic mass is 9.90. The van der Waals surface area contributed by atoms with Gasteiger partial charge in [0.15, 0.2) is 5.79 Å². The normalized spacial score (nSPS) is 13.0.